The number of ether oxygens (including phenoxy) is 1. The van der Waals surface area contributed by atoms with Crippen molar-refractivity contribution in [1.82, 2.24) is 4.98 Å². The van der Waals surface area contributed by atoms with Crippen molar-refractivity contribution in [2.24, 2.45) is 0 Å². The van der Waals surface area contributed by atoms with Gasteiger partial charge in [-0.3, -0.25) is 4.98 Å². The largest absolute Gasteiger partial charge is 0.491 e. The van der Waals surface area contributed by atoms with E-state index in [2.05, 4.69) is 18.8 Å². The van der Waals surface area contributed by atoms with Gasteiger partial charge in [0.2, 0.25) is 0 Å². The molecule has 1 atom stereocenters. The van der Waals surface area contributed by atoms with Crippen molar-refractivity contribution >= 4 is 0 Å². The van der Waals surface area contributed by atoms with Crippen LogP contribution in [0.1, 0.15) is 103 Å². The van der Waals surface area contributed by atoms with Crippen molar-refractivity contribution in [3.8, 4) is 17.0 Å². The van der Waals surface area contributed by atoms with Gasteiger partial charge < -0.3 is 4.74 Å². The summed E-state index contributed by atoms with van der Waals surface area (Å²) in [6, 6.07) is 8.87. The molecular formula is C29H43F2NO. The molecule has 4 heteroatoms. The van der Waals surface area contributed by atoms with Crippen LogP contribution in [0.3, 0.4) is 0 Å². The van der Waals surface area contributed by atoms with Crippen LogP contribution in [0.15, 0.2) is 36.5 Å². The van der Waals surface area contributed by atoms with Gasteiger partial charge in [-0.25, -0.2) is 8.78 Å². The summed E-state index contributed by atoms with van der Waals surface area (Å²) in [5.41, 5.74) is 2.46. The first kappa shape index (κ1) is 27.3. The number of rotatable bonds is 18. The van der Waals surface area contributed by atoms with E-state index in [1.807, 2.05) is 18.2 Å². The van der Waals surface area contributed by atoms with Crippen molar-refractivity contribution in [1.29, 1.82) is 0 Å². The number of hydrogen-bond donors (Lipinski definition) is 0. The van der Waals surface area contributed by atoms with E-state index < -0.39 is 6.17 Å². The van der Waals surface area contributed by atoms with Gasteiger partial charge in [0.15, 0.2) is 11.6 Å². The number of aromatic nitrogens is 1. The number of hydrogen-bond acceptors (Lipinski definition) is 2. The minimum Gasteiger partial charge on any atom is -0.491 e. The average Bonchev–Trinajstić information content (AvgIpc) is 2.83. The fourth-order valence-electron chi connectivity index (χ4n) is 4.02. The van der Waals surface area contributed by atoms with Crippen molar-refractivity contribution in [2.75, 3.05) is 6.61 Å². The molecule has 2 rings (SSSR count). The molecule has 0 saturated heterocycles. The molecule has 0 amide bonds. The van der Waals surface area contributed by atoms with Gasteiger partial charge in [-0.1, -0.05) is 84.1 Å². The van der Waals surface area contributed by atoms with Gasteiger partial charge in [0.1, 0.15) is 6.17 Å². The highest BCUT2D eigenvalue weighted by atomic mass is 19.1. The second-order valence-corrected chi connectivity index (χ2v) is 9.15. The maximum Gasteiger partial charge on any atom is 0.165 e. The van der Waals surface area contributed by atoms with Crippen LogP contribution in [-0.4, -0.2) is 17.8 Å². The van der Waals surface area contributed by atoms with Gasteiger partial charge in [0, 0.05) is 11.8 Å². The molecule has 0 spiro atoms. The van der Waals surface area contributed by atoms with Crippen LogP contribution in [0.25, 0.3) is 11.3 Å². The highest BCUT2D eigenvalue weighted by Gasteiger charge is 2.09. The third kappa shape index (κ3) is 11.1. The quantitative estimate of drug-likeness (QED) is 0.207. The lowest BCUT2D eigenvalue weighted by Crippen LogP contribution is -2.02. The van der Waals surface area contributed by atoms with Gasteiger partial charge in [-0.15, -0.1) is 0 Å². The monoisotopic (exact) mass is 459 g/mol. The summed E-state index contributed by atoms with van der Waals surface area (Å²) in [5, 5.41) is 0. The molecule has 0 radical (unpaired) electrons. The van der Waals surface area contributed by atoms with Gasteiger partial charge >= 0.3 is 0 Å². The van der Waals surface area contributed by atoms with Crippen LogP contribution in [0.4, 0.5) is 8.78 Å². The van der Waals surface area contributed by atoms with Crippen LogP contribution in [-0.2, 0) is 6.42 Å². The summed E-state index contributed by atoms with van der Waals surface area (Å²) in [6.07, 6.45) is 15.7. The molecule has 2 nitrogen and oxygen atoms in total. The fourth-order valence-corrected chi connectivity index (χ4v) is 4.02. The van der Waals surface area contributed by atoms with E-state index >= 15 is 0 Å². The zero-order valence-electron chi connectivity index (χ0n) is 20.8. The Morgan fingerprint density at radius 3 is 2.18 bits per heavy atom. The first-order chi connectivity index (χ1) is 16.1. The van der Waals surface area contributed by atoms with E-state index in [4.69, 9.17) is 4.74 Å². The molecule has 0 bridgehead atoms. The standard InChI is InChI=1S/C29H43F2NO/c1-3-5-7-9-11-13-21-33-29-20-17-25(22-27(29)31)28-19-16-24(23-32-28)15-18-26(30)14-12-10-8-6-4-2/h16-17,19-20,22-23,26H,3-15,18,21H2,1-2H3. The summed E-state index contributed by atoms with van der Waals surface area (Å²) < 4.78 is 34.2. The molecule has 1 aromatic carbocycles. The van der Waals surface area contributed by atoms with E-state index in [-0.39, 0.29) is 5.82 Å². The maximum atomic E-state index is 14.5. The average molecular weight is 460 g/mol. The van der Waals surface area contributed by atoms with Crippen molar-refractivity contribution in [3.63, 3.8) is 0 Å². The summed E-state index contributed by atoms with van der Waals surface area (Å²) in [6.45, 7) is 4.94. The Morgan fingerprint density at radius 2 is 1.52 bits per heavy atom. The molecule has 0 aliphatic heterocycles. The smallest absolute Gasteiger partial charge is 0.165 e. The molecule has 1 heterocycles. The van der Waals surface area contributed by atoms with E-state index in [9.17, 15) is 8.78 Å². The first-order valence-corrected chi connectivity index (χ1v) is 13.2. The molecule has 0 aliphatic carbocycles. The van der Waals surface area contributed by atoms with Gasteiger partial charge in [0.25, 0.3) is 0 Å². The van der Waals surface area contributed by atoms with Gasteiger partial charge in [-0.2, -0.15) is 0 Å². The van der Waals surface area contributed by atoms with E-state index in [1.54, 1.807) is 12.3 Å². The number of alkyl halides is 1. The summed E-state index contributed by atoms with van der Waals surface area (Å²) in [4.78, 5) is 4.47. The molecule has 0 fully saturated rings. The number of pyridine rings is 1. The lowest BCUT2D eigenvalue weighted by Gasteiger charge is -2.10. The zero-order chi connectivity index (χ0) is 23.7. The van der Waals surface area contributed by atoms with Crippen LogP contribution in [0, 0.1) is 5.82 Å². The number of unbranched alkanes of at least 4 members (excludes halogenated alkanes) is 9. The topological polar surface area (TPSA) is 22.1 Å². The molecule has 1 unspecified atom stereocenters. The Balaban J connectivity index is 1.74. The molecule has 1 aromatic heterocycles. The van der Waals surface area contributed by atoms with Crippen molar-refractivity contribution < 1.29 is 13.5 Å². The van der Waals surface area contributed by atoms with E-state index in [1.165, 1.54) is 51.0 Å². The van der Waals surface area contributed by atoms with Crippen LogP contribution < -0.4 is 4.74 Å². The van der Waals surface area contributed by atoms with E-state index in [0.29, 0.717) is 37.3 Å². The fraction of sp³-hybridized carbons (Fsp3) is 0.621. The highest BCUT2D eigenvalue weighted by molar-refractivity contribution is 5.60. The van der Waals surface area contributed by atoms with Crippen LogP contribution in [0.5, 0.6) is 5.75 Å². The normalized spacial score (nSPS) is 12.1. The second-order valence-electron chi connectivity index (χ2n) is 9.15. The molecule has 0 N–H and O–H groups in total. The first-order valence-electron chi connectivity index (χ1n) is 13.2. The van der Waals surface area contributed by atoms with Crippen molar-refractivity contribution in [3.05, 3.63) is 47.9 Å². The lowest BCUT2D eigenvalue weighted by atomic mass is 10.0. The summed E-state index contributed by atoms with van der Waals surface area (Å²) in [7, 11) is 0. The minimum atomic E-state index is -0.746. The van der Waals surface area contributed by atoms with Crippen LogP contribution in [0.2, 0.25) is 0 Å². The molecule has 0 aliphatic rings. The third-order valence-electron chi connectivity index (χ3n) is 6.17. The maximum absolute atomic E-state index is 14.5. The SMILES string of the molecule is CCCCCCCCOc1ccc(-c2ccc(CCC(F)CCCCCCC)cn2)cc1F. The number of halogens is 2. The van der Waals surface area contributed by atoms with Gasteiger partial charge in [0.05, 0.1) is 12.3 Å². The Hall–Kier alpha value is -1.97. The molecular weight excluding hydrogens is 416 g/mol. The minimum absolute atomic E-state index is 0.299. The van der Waals surface area contributed by atoms with E-state index in [0.717, 1.165) is 36.8 Å². The molecule has 2 aromatic rings. The predicted molar refractivity (Wildman–Crippen MR) is 135 cm³/mol. The number of benzene rings is 1. The molecule has 33 heavy (non-hydrogen) atoms. The highest BCUT2D eigenvalue weighted by Crippen LogP contribution is 2.25. The lowest BCUT2D eigenvalue weighted by molar-refractivity contribution is 0.287. The zero-order valence-corrected chi connectivity index (χ0v) is 20.8. The summed E-state index contributed by atoms with van der Waals surface area (Å²) >= 11 is 0. The molecule has 184 valence electrons. The predicted octanol–water partition coefficient (Wildman–Crippen LogP) is 9.26. The molecule has 0 saturated carbocycles. The van der Waals surface area contributed by atoms with Crippen molar-refractivity contribution in [2.45, 2.75) is 110 Å². The van der Waals surface area contributed by atoms with Crippen LogP contribution >= 0.6 is 0 Å². The Bertz CT molecular complexity index is 763. The van der Waals surface area contributed by atoms with Gasteiger partial charge in [-0.05, 0) is 55.5 Å². The third-order valence-corrected chi connectivity index (χ3v) is 6.17. The Kier molecular flexibility index (Phi) is 13.7. The number of nitrogens with zero attached hydrogens (tertiary/aromatic N) is 1. The Labute approximate surface area is 200 Å². The second kappa shape index (κ2) is 16.6. The Morgan fingerprint density at radius 1 is 0.818 bits per heavy atom. The number of aryl methyl sites for hydroxylation is 1. The summed E-state index contributed by atoms with van der Waals surface area (Å²) in [5.74, 6) is -0.0591.